The molecule has 1 aliphatic rings. The number of fused-ring (bicyclic) bond motifs is 3. The van der Waals surface area contributed by atoms with Gasteiger partial charge in [0.25, 0.3) is 5.56 Å². The van der Waals surface area contributed by atoms with Crippen molar-refractivity contribution in [2.24, 2.45) is 0 Å². The van der Waals surface area contributed by atoms with Gasteiger partial charge in [-0.2, -0.15) is 4.31 Å². The van der Waals surface area contributed by atoms with Crippen LogP contribution in [0.3, 0.4) is 0 Å². The van der Waals surface area contributed by atoms with Gasteiger partial charge in [-0.05, 0) is 42.5 Å². The largest absolute Gasteiger partial charge is 0.324 e. The average molecular weight is 382 g/mol. The van der Waals surface area contributed by atoms with Crippen LogP contribution in [0.4, 0.5) is 0 Å². The second-order valence-electron chi connectivity index (χ2n) is 6.63. The van der Waals surface area contributed by atoms with Gasteiger partial charge < -0.3 is 4.98 Å². The van der Waals surface area contributed by atoms with E-state index in [1.165, 1.54) is 23.4 Å². The van der Waals surface area contributed by atoms with Crippen molar-refractivity contribution in [1.82, 2.24) is 9.29 Å². The highest BCUT2D eigenvalue weighted by atomic mass is 32.2. The molecule has 0 atom stereocenters. The molecule has 0 radical (unpaired) electrons. The number of Topliss-reactive ketones (excluding diaryl/α,β-unsaturated/α-hetero) is 1. The minimum atomic E-state index is -3.77. The van der Waals surface area contributed by atoms with Crippen LogP contribution in [0.1, 0.15) is 28.5 Å². The molecule has 0 saturated carbocycles. The molecule has 27 heavy (non-hydrogen) atoms. The fraction of sp³-hybridized carbons (Fsp3) is 0.200. The highest BCUT2D eigenvalue weighted by Crippen LogP contribution is 2.27. The van der Waals surface area contributed by atoms with Crippen molar-refractivity contribution in [1.29, 1.82) is 0 Å². The van der Waals surface area contributed by atoms with E-state index in [4.69, 9.17) is 0 Å². The third-order valence-corrected chi connectivity index (χ3v) is 6.79. The molecule has 0 fully saturated rings. The summed E-state index contributed by atoms with van der Waals surface area (Å²) in [6.45, 7) is 1.82. The van der Waals surface area contributed by atoms with E-state index in [9.17, 15) is 18.0 Å². The van der Waals surface area contributed by atoms with Crippen LogP contribution in [0.25, 0.3) is 10.8 Å². The second-order valence-corrected chi connectivity index (χ2v) is 8.57. The lowest BCUT2D eigenvalue weighted by molar-refractivity contribution is 0.101. The molecule has 0 aliphatic carbocycles. The summed E-state index contributed by atoms with van der Waals surface area (Å²) in [5, 5.41) is 1.48. The van der Waals surface area contributed by atoms with Crippen molar-refractivity contribution in [3.63, 3.8) is 0 Å². The predicted molar refractivity (Wildman–Crippen MR) is 102 cm³/mol. The molecule has 1 N–H and O–H groups in total. The summed E-state index contributed by atoms with van der Waals surface area (Å²) in [5.74, 6) is -0.188. The molecular formula is C20H18N2O4S. The quantitative estimate of drug-likeness (QED) is 0.705. The van der Waals surface area contributed by atoms with Crippen molar-refractivity contribution in [3.8, 4) is 0 Å². The van der Waals surface area contributed by atoms with E-state index in [-0.39, 0.29) is 22.8 Å². The van der Waals surface area contributed by atoms with Gasteiger partial charge in [-0.25, -0.2) is 8.42 Å². The summed E-state index contributed by atoms with van der Waals surface area (Å²) in [7, 11) is -3.77. The number of pyridine rings is 1. The molecule has 1 aromatic heterocycles. The number of carbonyl (C=O) groups is 1. The fourth-order valence-corrected chi connectivity index (χ4v) is 4.98. The average Bonchev–Trinajstić information content (AvgIpc) is 2.68. The molecule has 0 spiro atoms. The van der Waals surface area contributed by atoms with Gasteiger partial charge in [0.05, 0.1) is 11.4 Å². The Kier molecular flexibility index (Phi) is 4.20. The van der Waals surface area contributed by atoms with E-state index in [0.717, 1.165) is 10.9 Å². The number of sulfonamides is 1. The first kappa shape index (κ1) is 17.6. The van der Waals surface area contributed by atoms with Crippen molar-refractivity contribution in [2.75, 3.05) is 6.54 Å². The first-order valence-corrected chi connectivity index (χ1v) is 10.1. The van der Waals surface area contributed by atoms with Gasteiger partial charge in [-0.1, -0.05) is 30.3 Å². The lowest BCUT2D eigenvalue weighted by Crippen LogP contribution is -2.37. The zero-order valence-electron chi connectivity index (χ0n) is 14.7. The van der Waals surface area contributed by atoms with E-state index in [2.05, 4.69) is 4.98 Å². The van der Waals surface area contributed by atoms with Crippen molar-refractivity contribution >= 4 is 26.6 Å². The highest BCUT2D eigenvalue weighted by Gasteiger charge is 2.30. The normalized spacial score (nSPS) is 14.9. The number of H-pyrrole nitrogens is 1. The summed E-state index contributed by atoms with van der Waals surface area (Å²) in [6, 6.07) is 13.4. The molecule has 0 amide bonds. The zero-order valence-corrected chi connectivity index (χ0v) is 15.5. The number of hydrogen-bond acceptors (Lipinski definition) is 4. The number of hydrogen-bond donors (Lipinski definition) is 1. The highest BCUT2D eigenvalue weighted by molar-refractivity contribution is 7.89. The maximum Gasteiger partial charge on any atom is 0.256 e. The Morgan fingerprint density at radius 3 is 2.56 bits per heavy atom. The van der Waals surface area contributed by atoms with Gasteiger partial charge in [0.15, 0.2) is 5.78 Å². The number of nitrogens with zero attached hydrogens (tertiary/aromatic N) is 1. The van der Waals surface area contributed by atoms with Crippen molar-refractivity contribution in [2.45, 2.75) is 24.8 Å². The minimum Gasteiger partial charge on any atom is -0.324 e. The first-order valence-electron chi connectivity index (χ1n) is 8.62. The molecule has 1 aliphatic heterocycles. The number of ketones is 1. The van der Waals surface area contributed by atoms with Crippen LogP contribution in [0.5, 0.6) is 0 Å². The lowest BCUT2D eigenvalue weighted by atomic mass is 9.99. The first-order chi connectivity index (χ1) is 12.9. The van der Waals surface area contributed by atoms with Crippen LogP contribution < -0.4 is 5.56 Å². The SMILES string of the molecule is CC(=O)c1cccc(S(=O)(=O)N2CCc3c([nH]c(=O)c4ccccc34)C2)c1. The summed E-state index contributed by atoms with van der Waals surface area (Å²) >= 11 is 0. The Morgan fingerprint density at radius 2 is 1.81 bits per heavy atom. The topological polar surface area (TPSA) is 87.3 Å². The van der Waals surface area contributed by atoms with Gasteiger partial charge >= 0.3 is 0 Å². The predicted octanol–water partition coefficient (Wildman–Crippen LogP) is 2.48. The number of aromatic nitrogens is 1. The van der Waals surface area contributed by atoms with Crippen LogP contribution >= 0.6 is 0 Å². The Labute approximate surface area is 156 Å². The lowest BCUT2D eigenvalue weighted by Gasteiger charge is -2.28. The molecule has 2 heterocycles. The van der Waals surface area contributed by atoms with E-state index in [0.29, 0.717) is 29.6 Å². The van der Waals surface area contributed by atoms with Crippen LogP contribution in [-0.4, -0.2) is 30.0 Å². The maximum absolute atomic E-state index is 13.0. The van der Waals surface area contributed by atoms with Gasteiger partial charge in [-0.3, -0.25) is 9.59 Å². The molecule has 4 rings (SSSR count). The van der Waals surface area contributed by atoms with Crippen molar-refractivity contribution < 1.29 is 13.2 Å². The monoisotopic (exact) mass is 382 g/mol. The summed E-state index contributed by atoms with van der Waals surface area (Å²) in [6.07, 6.45) is 0.512. The minimum absolute atomic E-state index is 0.0850. The van der Waals surface area contributed by atoms with Crippen LogP contribution in [0.15, 0.2) is 58.2 Å². The molecule has 7 heteroatoms. The number of carbonyl (C=O) groups excluding carboxylic acids is 1. The van der Waals surface area contributed by atoms with Gasteiger partial charge in [0.1, 0.15) is 0 Å². The standard InChI is InChI=1S/C20H18N2O4S/c1-13(23)14-5-4-6-15(11-14)27(25,26)22-10-9-17-16-7-2-3-8-18(16)20(24)21-19(17)12-22/h2-8,11H,9-10,12H2,1H3,(H,21,24). The number of aromatic amines is 1. The second kappa shape index (κ2) is 6.44. The molecule has 2 aromatic carbocycles. The summed E-state index contributed by atoms with van der Waals surface area (Å²) in [5.41, 5.74) is 1.74. The zero-order chi connectivity index (χ0) is 19.2. The smallest absolute Gasteiger partial charge is 0.256 e. The fourth-order valence-electron chi connectivity index (χ4n) is 3.53. The Bertz CT molecular complexity index is 1230. The number of benzene rings is 2. The number of rotatable bonds is 3. The van der Waals surface area contributed by atoms with Crippen molar-refractivity contribution in [3.05, 3.63) is 75.7 Å². The summed E-state index contributed by atoms with van der Waals surface area (Å²) < 4.78 is 27.4. The van der Waals surface area contributed by atoms with E-state index in [1.54, 1.807) is 18.2 Å². The van der Waals surface area contributed by atoms with Crippen LogP contribution in [-0.2, 0) is 23.0 Å². The molecule has 138 valence electrons. The Hall–Kier alpha value is -2.77. The molecule has 0 saturated heterocycles. The van der Waals surface area contributed by atoms with Crippen LogP contribution in [0, 0.1) is 0 Å². The van der Waals surface area contributed by atoms with Gasteiger partial charge in [0, 0.05) is 23.2 Å². The van der Waals surface area contributed by atoms with Gasteiger partial charge in [-0.15, -0.1) is 0 Å². The molecular weight excluding hydrogens is 364 g/mol. The van der Waals surface area contributed by atoms with Gasteiger partial charge in [0.2, 0.25) is 10.0 Å². The van der Waals surface area contributed by atoms with Crippen LogP contribution in [0.2, 0.25) is 0 Å². The Morgan fingerprint density at radius 1 is 1.07 bits per heavy atom. The molecule has 3 aromatic rings. The Balaban J connectivity index is 1.75. The molecule has 0 unspecified atom stereocenters. The third kappa shape index (κ3) is 2.98. The van der Waals surface area contributed by atoms with E-state index in [1.807, 2.05) is 18.2 Å². The summed E-state index contributed by atoms with van der Waals surface area (Å²) in [4.78, 5) is 26.8. The number of nitrogens with one attached hydrogen (secondary N) is 1. The molecule has 0 bridgehead atoms. The van der Waals surface area contributed by atoms with E-state index < -0.39 is 10.0 Å². The molecule has 6 nitrogen and oxygen atoms in total. The maximum atomic E-state index is 13.0. The third-order valence-electron chi connectivity index (χ3n) is 4.95. The van der Waals surface area contributed by atoms with E-state index >= 15 is 0 Å².